The number of nitrogens with one attached hydrogen (secondary N) is 2. The monoisotopic (exact) mass is 367 g/mol. The van der Waals surface area contributed by atoms with Crippen molar-refractivity contribution in [1.82, 2.24) is 25.4 Å². The Bertz CT molecular complexity index is 805. The number of aromatic amines is 1. The predicted octanol–water partition coefficient (Wildman–Crippen LogP) is 2.69. The molecule has 2 aliphatic heterocycles. The van der Waals surface area contributed by atoms with Gasteiger partial charge in [-0.15, -0.1) is 0 Å². The van der Waals surface area contributed by atoms with Gasteiger partial charge in [0.25, 0.3) is 0 Å². The molecule has 2 saturated heterocycles. The molecule has 4 heterocycles. The molecule has 140 valence electrons. The van der Waals surface area contributed by atoms with Crippen molar-refractivity contribution in [2.75, 3.05) is 6.54 Å². The summed E-state index contributed by atoms with van der Waals surface area (Å²) in [4.78, 5) is 17.9. The molecule has 26 heavy (non-hydrogen) atoms. The molecule has 2 aromatic heterocycles. The summed E-state index contributed by atoms with van der Waals surface area (Å²) in [5, 5.41) is 10.4. The largest absolute Gasteiger partial charge is 0.404 e. The molecule has 3 atom stereocenters. The lowest BCUT2D eigenvalue weighted by Crippen LogP contribution is -2.60. The van der Waals surface area contributed by atoms with Crippen LogP contribution in [0.25, 0.3) is 11.0 Å². The van der Waals surface area contributed by atoms with Gasteiger partial charge in [0.05, 0.1) is 12.4 Å². The number of pyridine rings is 1. The van der Waals surface area contributed by atoms with Gasteiger partial charge in [0.15, 0.2) is 5.65 Å². The standard InChI is InChI=1S/C17H20F3N5O/c18-17(19,20)13-3-1-2-6-25(13)14-7-10(8-15(26)23-14)11-4-5-21-16-12(11)9-22-24-16/h4-5,9-10,13-14H,1-3,6-8H2,(H,23,26)(H,21,22,24). The van der Waals surface area contributed by atoms with Gasteiger partial charge in [-0.25, -0.2) is 4.98 Å². The zero-order valence-electron chi connectivity index (χ0n) is 14.1. The average molecular weight is 367 g/mol. The number of amides is 1. The first-order valence-corrected chi connectivity index (χ1v) is 8.83. The third-order valence-corrected chi connectivity index (χ3v) is 5.42. The van der Waals surface area contributed by atoms with Crippen molar-refractivity contribution in [3.63, 3.8) is 0 Å². The molecule has 2 fully saturated rings. The first kappa shape index (κ1) is 17.3. The van der Waals surface area contributed by atoms with E-state index in [0.717, 1.165) is 10.9 Å². The number of piperidine rings is 2. The van der Waals surface area contributed by atoms with Crippen molar-refractivity contribution < 1.29 is 18.0 Å². The third-order valence-electron chi connectivity index (χ3n) is 5.42. The van der Waals surface area contributed by atoms with E-state index >= 15 is 0 Å². The van der Waals surface area contributed by atoms with Crippen LogP contribution in [0.5, 0.6) is 0 Å². The number of H-pyrrole nitrogens is 1. The fourth-order valence-electron chi connectivity index (χ4n) is 4.24. The van der Waals surface area contributed by atoms with Crippen LogP contribution >= 0.6 is 0 Å². The Kier molecular flexibility index (Phi) is 4.34. The lowest BCUT2D eigenvalue weighted by molar-refractivity contribution is -0.201. The molecule has 6 nitrogen and oxygen atoms in total. The summed E-state index contributed by atoms with van der Waals surface area (Å²) >= 11 is 0. The number of fused-ring (bicyclic) bond motifs is 1. The van der Waals surface area contributed by atoms with E-state index in [1.807, 2.05) is 6.07 Å². The molecular formula is C17H20F3N5O. The summed E-state index contributed by atoms with van der Waals surface area (Å²) in [6, 6.07) is 0.335. The Labute approximate surface area is 148 Å². The fourth-order valence-corrected chi connectivity index (χ4v) is 4.24. The predicted molar refractivity (Wildman–Crippen MR) is 88.2 cm³/mol. The van der Waals surface area contributed by atoms with Crippen LogP contribution in [-0.2, 0) is 4.79 Å². The smallest absolute Gasteiger partial charge is 0.341 e. The molecule has 0 aromatic carbocycles. The molecule has 0 aliphatic carbocycles. The van der Waals surface area contributed by atoms with E-state index in [1.54, 1.807) is 12.4 Å². The third kappa shape index (κ3) is 3.15. The van der Waals surface area contributed by atoms with Crippen molar-refractivity contribution in [3.05, 3.63) is 24.0 Å². The van der Waals surface area contributed by atoms with Gasteiger partial charge in [-0.1, -0.05) is 6.42 Å². The second-order valence-corrected chi connectivity index (χ2v) is 7.04. The molecule has 3 unspecified atom stereocenters. The minimum Gasteiger partial charge on any atom is -0.341 e. The zero-order chi connectivity index (χ0) is 18.3. The molecule has 0 radical (unpaired) electrons. The van der Waals surface area contributed by atoms with Gasteiger partial charge in [0.1, 0.15) is 6.04 Å². The molecule has 2 N–H and O–H groups in total. The van der Waals surface area contributed by atoms with Crippen molar-refractivity contribution in [1.29, 1.82) is 0 Å². The van der Waals surface area contributed by atoms with Crippen LogP contribution in [0.2, 0.25) is 0 Å². The lowest BCUT2D eigenvalue weighted by atomic mass is 9.86. The van der Waals surface area contributed by atoms with Gasteiger partial charge < -0.3 is 5.32 Å². The quantitative estimate of drug-likeness (QED) is 0.856. The highest BCUT2D eigenvalue weighted by atomic mass is 19.4. The lowest BCUT2D eigenvalue weighted by Gasteiger charge is -2.44. The first-order chi connectivity index (χ1) is 12.4. The Morgan fingerprint density at radius 3 is 2.92 bits per heavy atom. The number of rotatable bonds is 2. The molecule has 9 heteroatoms. The number of carbonyl (C=O) groups excluding carboxylic acids is 1. The van der Waals surface area contributed by atoms with Crippen molar-refractivity contribution in [2.24, 2.45) is 0 Å². The number of hydrogen-bond acceptors (Lipinski definition) is 4. The van der Waals surface area contributed by atoms with Gasteiger partial charge in [-0.05, 0) is 36.8 Å². The molecule has 1 amide bonds. The van der Waals surface area contributed by atoms with Gasteiger partial charge in [0.2, 0.25) is 5.91 Å². The van der Waals surface area contributed by atoms with Gasteiger partial charge in [-0.2, -0.15) is 18.3 Å². The minimum atomic E-state index is -4.29. The second-order valence-electron chi connectivity index (χ2n) is 7.04. The fraction of sp³-hybridized carbons (Fsp3) is 0.588. The van der Waals surface area contributed by atoms with Crippen LogP contribution in [0.4, 0.5) is 13.2 Å². The van der Waals surface area contributed by atoms with Crippen LogP contribution in [-0.4, -0.2) is 50.9 Å². The molecule has 0 bridgehead atoms. The van der Waals surface area contributed by atoms with Gasteiger partial charge in [0, 0.05) is 24.5 Å². The highest BCUT2D eigenvalue weighted by Crippen LogP contribution is 2.38. The van der Waals surface area contributed by atoms with Crippen LogP contribution in [0.1, 0.15) is 43.6 Å². The topological polar surface area (TPSA) is 73.9 Å². The van der Waals surface area contributed by atoms with E-state index in [-0.39, 0.29) is 24.7 Å². The number of likely N-dealkylation sites (tertiary alicyclic amines) is 1. The van der Waals surface area contributed by atoms with Gasteiger partial charge in [-0.3, -0.25) is 14.8 Å². The highest BCUT2D eigenvalue weighted by Gasteiger charge is 2.48. The molecule has 0 spiro atoms. The summed E-state index contributed by atoms with van der Waals surface area (Å²) in [5.74, 6) is -0.376. The van der Waals surface area contributed by atoms with Crippen LogP contribution in [0.15, 0.2) is 18.5 Å². The van der Waals surface area contributed by atoms with E-state index in [1.165, 1.54) is 4.90 Å². The average Bonchev–Trinajstić information content (AvgIpc) is 3.09. The molecule has 4 rings (SSSR count). The molecular weight excluding hydrogens is 347 g/mol. The number of alkyl halides is 3. The summed E-state index contributed by atoms with van der Waals surface area (Å²) in [6.45, 7) is 0.347. The SMILES string of the molecule is O=C1CC(c2ccnc3[nH]ncc23)CC(N2CCCCC2C(F)(F)F)N1. The van der Waals surface area contributed by atoms with Crippen molar-refractivity contribution >= 4 is 16.9 Å². The van der Waals surface area contributed by atoms with E-state index in [4.69, 9.17) is 0 Å². The number of nitrogens with zero attached hydrogens (tertiary/aromatic N) is 3. The number of hydrogen-bond donors (Lipinski definition) is 2. The Morgan fingerprint density at radius 1 is 1.27 bits per heavy atom. The highest BCUT2D eigenvalue weighted by molar-refractivity contribution is 5.82. The zero-order valence-corrected chi connectivity index (χ0v) is 14.1. The first-order valence-electron chi connectivity index (χ1n) is 8.83. The molecule has 2 aliphatic rings. The maximum Gasteiger partial charge on any atom is 0.404 e. The van der Waals surface area contributed by atoms with Gasteiger partial charge >= 0.3 is 6.18 Å². The summed E-state index contributed by atoms with van der Waals surface area (Å²) in [7, 11) is 0. The van der Waals surface area contributed by atoms with E-state index in [0.29, 0.717) is 31.5 Å². The number of aromatic nitrogens is 3. The van der Waals surface area contributed by atoms with Crippen LogP contribution in [0.3, 0.4) is 0 Å². The summed E-state index contributed by atoms with van der Waals surface area (Å²) < 4.78 is 40.4. The van der Waals surface area contributed by atoms with Crippen LogP contribution < -0.4 is 5.32 Å². The minimum absolute atomic E-state index is 0.0851. The normalized spacial score (nSPS) is 28.3. The molecule has 0 saturated carbocycles. The Balaban J connectivity index is 1.62. The molecule has 2 aromatic rings. The summed E-state index contributed by atoms with van der Waals surface area (Å²) in [5.41, 5.74) is 1.53. The maximum absolute atomic E-state index is 13.5. The second kappa shape index (κ2) is 6.53. The van der Waals surface area contributed by atoms with Crippen molar-refractivity contribution in [2.45, 2.75) is 56.4 Å². The van der Waals surface area contributed by atoms with Crippen LogP contribution in [0, 0.1) is 0 Å². The Morgan fingerprint density at radius 2 is 2.12 bits per heavy atom. The van der Waals surface area contributed by atoms with Crippen molar-refractivity contribution in [3.8, 4) is 0 Å². The summed E-state index contributed by atoms with van der Waals surface area (Å²) in [6.07, 6.45) is 0.455. The van der Waals surface area contributed by atoms with E-state index in [9.17, 15) is 18.0 Å². The number of halogens is 3. The van der Waals surface area contributed by atoms with E-state index in [2.05, 4.69) is 20.5 Å². The van der Waals surface area contributed by atoms with E-state index < -0.39 is 18.4 Å². The number of carbonyl (C=O) groups is 1. The maximum atomic E-state index is 13.5. The Hall–Kier alpha value is -2.16.